The van der Waals surface area contributed by atoms with Gasteiger partial charge in [-0.15, -0.1) is 0 Å². The molecule has 1 aliphatic rings. The van der Waals surface area contributed by atoms with Crippen molar-refractivity contribution in [2.24, 2.45) is 5.92 Å². The minimum absolute atomic E-state index is 0.0199. The number of benzene rings is 1. The average molecular weight is 453 g/mol. The number of aryl methyl sites for hydroxylation is 1. The van der Waals surface area contributed by atoms with Crippen LogP contribution in [0.25, 0.3) is 11.0 Å². The summed E-state index contributed by atoms with van der Waals surface area (Å²) in [6.07, 6.45) is 2.90. The number of carbonyl (C=O) groups is 2. The van der Waals surface area contributed by atoms with Crippen LogP contribution in [0.4, 0.5) is 5.69 Å². The highest BCUT2D eigenvalue weighted by Gasteiger charge is 2.26. The quantitative estimate of drug-likeness (QED) is 0.320. The molecule has 1 aromatic carbocycles. The van der Waals surface area contributed by atoms with Gasteiger partial charge in [-0.3, -0.25) is 4.79 Å². The molecule has 0 spiro atoms. The van der Waals surface area contributed by atoms with E-state index in [4.69, 9.17) is 13.9 Å². The molecular weight excluding hydrogens is 424 g/mol. The molecule has 174 valence electrons. The Morgan fingerprint density at radius 2 is 1.97 bits per heavy atom. The Morgan fingerprint density at radius 3 is 2.70 bits per heavy atom. The lowest BCUT2D eigenvalue weighted by Crippen LogP contribution is -2.34. The number of hydrogen-bond acceptors (Lipinski definition) is 7. The van der Waals surface area contributed by atoms with Crippen molar-refractivity contribution in [3.05, 3.63) is 58.2 Å². The van der Waals surface area contributed by atoms with Crippen molar-refractivity contribution in [2.75, 3.05) is 5.32 Å². The Labute approximate surface area is 191 Å². The summed E-state index contributed by atoms with van der Waals surface area (Å²) in [5, 5.41) is 3.97. The van der Waals surface area contributed by atoms with Gasteiger partial charge in [-0.1, -0.05) is 13.8 Å². The Hall–Kier alpha value is -3.55. The van der Waals surface area contributed by atoms with Gasteiger partial charge in [0.05, 0.1) is 5.92 Å². The molecule has 1 saturated carbocycles. The first-order chi connectivity index (χ1) is 15.8. The van der Waals surface area contributed by atoms with E-state index in [1.54, 1.807) is 44.2 Å². The molecule has 0 bridgehead atoms. The zero-order chi connectivity index (χ0) is 23.5. The van der Waals surface area contributed by atoms with Crippen LogP contribution in [0.15, 0.2) is 45.6 Å². The number of nitrogens with one attached hydrogen (secondary N) is 2. The first-order valence-corrected chi connectivity index (χ1v) is 11.2. The fourth-order valence-electron chi connectivity index (χ4n) is 3.93. The molecule has 2 unspecified atom stereocenters. The normalized spacial score (nSPS) is 18.3. The summed E-state index contributed by atoms with van der Waals surface area (Å²) in [6, 6.07) is 10.2. The molecule has 2 heterocycles. The number of carbonyl (C=O) groups excluding carboxylic acids is 2. The second-order valence-electron chi connectivity index (χ2n) is 8.81. The second kappa shape index (κ2) is 9.52. The van der Waals surface area contributed by atoms with Crippen molar-refractivity contribution in [2.45, 2.75) is 58.6 Å². The first kappa shape index (κ1) is 22.6. The maximum Gasteiger partial charge on any atom is 0.359 e. The molecule has 1 fully saturated rings. The van der Waals surface area contributed by atoms with Gasteiger partial charge in [0.25, 0.3) is 0 Å². The van der Waals surface area contributed by atoms with E-state index in [1.807, 2.05) is 13.0 Å². The topological polar surface area (TPSA) is 111 Å². The fraction of sp³-hybridized carbons (Fsp3) is 0.400. The van der Waals surface area contributed by atoms with Crippen LogP contribution in [-0.4, -0.2) is 29.1 Å². The molecular formula is C25H28N2O6. The maximum atomic E-state index is 12.6. The summed E-state index contributed by atoms with van der Waals surface area (Å²) in [5.41, 5.74) is 1.54. The molecule has 1 aliphatic carbocycles. The predicted molar refractivity (Wildman–Crippen MR) is 124 cm³/mol. The first-order valence-electron chi connectivity index (χ1n) is 11.2. The molecule has 2 atom stereocenters. The Morgan fingerprint density at radius 1 is 1.15 bits per heavy atom. The van der Waals surface area contributed by atoms with Crippen LogP contribution >= 0.6 is 0 Å². The fourth-order valence-corrected chi connectivity index (χ4v) is 3.93. The molecule has 33 heavy (non-hydrogen) atoms. The number of aromatic amines is 1. The average Bonchev–Trinajstić information content (AvgIpc) is 3.21. The number of anilines is 1. The zero-order valence-corrected chi connectivity index (χ0v) is 19.0. The third kappa shape index (κ3) is 5.45. The van der Waals surface area contributed by atoms with Crippen LogP contribution in [0.2, 0.25) is 0 Å². The molecule has 4 rings (SSSR count). The Bertz CT molecular complexity index is 1230. The van der Waals surface area contributed by atoms with E-state index in [-0.39, 0.29) is 30.0 Å². The second-order valence-corrected chi connectivity index (χ2v) is 8.81. The van der Waals surface area contributed by atoms with Gasteiger partial charge in [0.1, 0.15) is 28.8 Å². The summed E-state index contributed by atoms with van der Waals surface area (Å²) in [5.74, 6) is -0.647. The number of H-pyrrole nitrogens is 1. The van der Waals surface area contributed by atoms with Crippen molar-refractivity contribution in [3.8, 4) is 5.75 Å². The SMILES string of the molecule is Cc1ccc(C(=O)OC2CCCC(Nc3cc4ccc(OC(=O)C(C)C)cc4oc3=O)C2)[nH]1. The van der Waals surface area contributed by atoms with E-state index in [0.29, 0.717) is 34.5 Å². The molecule has 3 aromatic rings. The highest BCUT2D eigenvalue weighted by molar-refractivity contribution is 5.87. The lowest BCUT2D eigenvalue weighted by atomic mass is 9.92. The third-order valence-electron chi connectivity index (χ3n) is 5.71. The summed E-state index contributed by atoms with van der Waals surface area (Å²) in [6.45, 7) is 5.38. The molecule has 0 aliphatic heterocycles. The molecule has 2 N–H and O–H groups in total. The van der Waals surface area contributed by atoms with E-state index in [1.165, 1.54) is 0 Å². The third-order valence-corrected chi connectivity index (χ3v) is 5.71. The lowest BCUT2D eigenvalue weighted by Gasteiger charge is -2.29. The smallest absolute Gasteiger partial charge is 0.359 e. The molecule has 0 radical (unpaired) electrons. The van der Waals surface area contributed by atoms with E-state index in [9.17, 15) is 14.4 Å². The van der Waals surface area contributed by atoms with Crippen molar-refractivity contribution >= 4 is 28.6 Å². The molecule has 0 amide bonds. The lowest BCUT2D eigenvalue weighted by molar-refractivity contribution is -0.137. The van der Waals surface area contributed by atoms with Crippen LogP contribution in [-0.2, 0) is 9.53 Å². The van der Waals surface area contributed by atoms with Gasteiger partial charge in [-0.2, -0.15) is 0 Å². The standard InChI is InChI=1S/C25H28N2O6/c1-14(2)23(28)31-19-9-8-16-11-21(25(30)33-22(16)13-19)27-17-5-4-6-18(12-17)32-24(29)20-10-7-15(3)26-20/h7-11,13-14,17-18,26-27H,4-6,12H2,1-3H3. The number of fused-ring (bicyclic) bond motifs is 1. The number of hydrogen-bond donors (Lipinski definition) is 2. The minimum atomic E-state index is -0.504. The van der Waals surface area contributed by atoms with Gasteiger partial charge in [0.2, 0.25) is 0 Å². The van der Waals surface area contributed by atoms with E-state index >= 15 is 0 Å². The van der Waals surface area contributed by atoms with Crippen LogP contribution in [0.5, 0.6) is 5.75 Å². The molecule has 2 aromatic heterocycles. The molecule has 0 saturated heterocycles. The number of esters is 2. The van der Waals surface area contributed by atoms with Gasteiger partial charge in [0.15, 0.2) is 0 Å². The molecule has 8 nitrogen and oxygen atoms in total. The summed E-state index contributed by atoms with van der Waals surface area (Å²) >= 11 is 0. The minimum Gasteiger partial charge on any atom is -0.458 e. The number of rotatable bonds is 6. The number of aromatic nitrogens is 1. The summed E-state index contributed by atoms with van der Waals surface area (Å²) < 4.78 is 16.4. The Kier molecular flexibility index (Phi) is 6.53. The van der Waals surface area contributed by atoms with Crippen molar-refractivity contribution in [1.82, 2.24) is 4.98 Å². The van der Waals surface area contributed by atoms with Gasteiger partial charge in [-0.25, -0.2) is 9.59 Å². The summed E-state index contributed by atoms with van der Waals surface area (Å²) in [7, 11) is 0. The van der Waals surface area contributed by atoms with Crippen molar-refractivity contribution in [3.63, 3.8) is 0 Å². The van der Waals surface area contributed by atoms with Crippen LogP contribution < -0.4 is 15.7 Å². The van der Waals surface area contributed by atoms with Crippen LogP contribution in [0.3, 0.4) is 0 Å². The molecule has 8 heteroatoms. The van der Waals surface area contributed by atoms with Gasteiger partial charge in [0, 0.05) is 29.6 Å². The summed E-state index contributed by atoms with van der Waals surface area (Å²) in [4.78, 5) is 39.7. The van der Waals surface area contributed by atoms with Gasteiger partial charge < -0.3 is 24.2 Å². The van der Waals surface area contributed by atoms with E-state index in [0.717, 1.165) is 25.0 Å². The highest BCUT2D eigenvalue weighted by atomic mass is 16.5. The Balaban J connectivity index is 1.43. The van der Waals surface area contributed by atoms with E-state index in [2.05, 4.69) is 10.3 Å². The highest BCUT2D eigenvalue weighted by Crippen LogP contribution is 2.27. The van der Waals surface area contributed by atoms with Crippen molar-refractivity contribution in [1.29, 1.82) is 0 Å². The van der Waals surface area contributed by atoms with Gasteiger partial charge in [-0.05, 0) is 56.5 Å². The maximum absolute atomic E-state index is 12.6. The van der Waals surface area contributed by atoms with Crippen LogP contribution in [0, 0.1) is 12.8 Å². The predicted octanol–water partition coefficient (Wildman–Crippen LogP) is 4.57. The van der Waals surface area contributed by atoms with E-state index < -0.39 is 5.63 Å². The van der Waals surface area contributed by atoms with Gasteiger partial charge >= 0.3 is 17.6 Å². The van der Waals surface area contributed by atoms with Crippen LogP contribution in [0.1, 0.15) is 55.7 Å². The largest absolute Gasteiger partial charge is 0.458 e. The van der Waals surface area contributed by atoms with Crippen molar-refractivity contribution < 1.29 is 23.5 Å². The zero-order valence-electron chi connectivity index (χ0n) is 19.0. The monoisotopic (exact) mass is 452 g/mol. The number of ether oxygens (including phenoxy) is 2.